The second kappa shape index (κ2) is 6.32. The molecule has 5 heteroatoms. The monoisotopic (exact) mass is 299 g/mol. The number of aryl methyl sites for hydroxylation is 2. The van der Waals surface area contributed by atoms with Gasteiger partial charge in [0.25, 0.3) is 0 Å². The van der Waals surface area contributed by atoms with Crippen LogP contribution >= 0.6 is 0 Å². The Hall–Kier alpha value is -2.14. The molecule has 0 aliphatic carbocycles. The highest BCUT2D eigenvalue weighted by atomic mass is 16.3. The second-order valence-corrected chi connectivity index (χ2v) is 5.80. The zero-order chi connectivity index (χ0) is 15.5. The summed E-state index contributed by atoms with van der Waals surface area (Å²) in [5, 5.41) is 13.9. The molecule has 1 aliphatic rings. The highest BCUT2D eigenvalue weighted by Crippen LogP contribution is 2.19. The molecule has 1 N–H and O–H groups in total. The highest BCUT2D eigenvalue weighted by molar-refractivity contribution is 5.79. The summed E-state index contributed by atoms with van der Waals surface area (Å²) in [5.74, 6) is 0.0583. The van der Waals surface area contributed by atoms with Crippen molar-refractivity contribution in [2.75, 3.05) is 6.61 Å². The number of amides is 1. The van der Waals surface area contributed by atoms with Gasteiger partial charge in [-0.2, -0.15) is 5.10 Å². The summed E-state index contributed by atoms with van der Waals surface area (Å²) in [6, 6.07) is 9.74. The number of nitrogens with zero attached hydrogens (tertiary/aromatic N) is 3. The number of benzene rings is 1. The number of fused-ring (bicyclic) bond motifs is 1. The van der Waals surface area contributed by atoms with Crippen molar-refractivity contribution in [1.82, 2.24) is 14.7 Å². The van der Waals surface area contributed by atoms with E-state index in [1.807, 2.05) is 41.9 Å². The van der Waals surface area contributed by atoms with Crippen LogP contribution < -0.4 is 0 Å². The fourth-order valence-corrected chi connectivity index (χ4v) is 2.98. The largest absolute Gasteiger partial charge is 0.394 e. The Morgan fingerprint density at radius 1 is 1.36 bits per heavy atom. The van der Waals surface area contributed by atoms with Crippen molar-refractivity contribution < 1.29 is 9.90 Å². The van der Waals surface area contributed by atoms with Crippen LogP contribution in [0.15, 0.2) is 36.5 Å². The number of aliphatic hydroxyl groups is 1. The topological polar surface area (TPSA) is 58.4 Å². The third kappa shape index (κ3) is 2.90. The molecule has 1 atom stereocenters. The van der Waals surface area contributed by atoms with Crippen LogP contribution in [0.1, 0.15) is 23.2 Å². The van der Waals surface area contributed by atoms with Gasteiger partial charge in [-0.3, -0.25) is 9.48 Å². The first-order chi connectivity index (χ1) is 10.7. The van der Waals surface area contributed by atoms with Gasteiger partial charge in [0.2, 0.25) is 5.91 Å². The van der Waals surface area contributed by atoms with E-state index in [9.17, 15) is 9.90 Å². The summed E-state index contributed by atoms with van der Waals surface area (Å²) in [5.41, 5.74) is 3.19. The van der Waals surface area contributed by atoms with Crippen LogP contribution in [0.5, 0.6) is 0 Å². The van der Waals surface area contributed by atoms with Gasteiger partial charge in [0.05, 0.1) is 31.3 Å². The first kappa shape index (κ1) is 14.8. The highest BCUT2D eigenvalue weighted by Gasteiger charge is 2.27. The summed E-state index contributed by atoms with van der Waals surface area (Å²) in [7, 11) is 0. The predicted molar refractivity (Wildman–Crippen MR) is 83.2 cm³/mol. The van der Waals surface area contributed by atoms with Crippen LogP contribution in [0.2, 0.25) is 0 Å². The third-order valence-electron chi connectivity index (χ3n) is 4.39. The molecule has 1 aliphatic heterocycles. The molecule has 2 heterocycles. The minimum atomic E-state index is -0.141. The molecule has 0 fully saturated rings. The number of aliphatic hydroxyl groups excluding tert-OH is 1. The average Bonchev–Trinajstić information content (AvgIpc) is 2.88. The Balaban J connectivity index is 1.81. The molecule has 116 valence electrons. The smallest absolute Gasteiger partial charge is 0.227 e. The molecule has 3 rings (SSSR count). The van der Waals surface area contributed by atoms with E-state index in [2.05, 4.69) is 5.10 Å². The van der Waals surface area contributed by atoms with Gasteiger partial charge in [-0.25, -0.2) is 0 Å². The third-order valence-corrected chi connectivity index (χ3v) is 4.39. The first-order valence-corrected chi connectivity index (χ1v) is 7.64. The van der Waals surface area contributed by atoms with Crippen molar-refractivity contribution in [3.8, 4) is 0 Å². The van der Waals surface area contributed by atoms with Crippen LogP contribution in [0, 0.1) is 6.92 Å². The number of rotatable bonds is 3. The molecule has 1 amide bonds. The number of carbonyl (C=O) groups excluding carboxylic acids is 1. The molecular weight excluding hydrogens is 278 g/mol. The summed E-state index contributed by atoms with van der Waals surface area (Å²) in [4.78, 5) is 14.6. The zero-order valence-electron chi connectivity index (χ0n) is 12.8. The van der Waals surface area contributed by atoms with E-state index >= 15 is 0 Å². The van der Waals surface area contributed by atoms with Crippen LogP contribution in [0.3, 0.4) is 0 Å². The lowest BCUT2D eigenvalue weighted by Gasteiger charge is -2.28. The zero-order valence-corrected chi connectivity index (χ0v) is 12.8. The summed E-state index contributed by atoms with van der Waals surface area (Å²) in [6.45, 7) is 3.26. The van der Waals surface area contributed by atoms with E-state index in [0.717, 1.165) is 29.8 Å². The molecule has 0 radical (unpaired) electrons. The standard InChI is InChI=1S/C17H21N3O2/c1-13-4-2-3-5-14(13)10-17(22)19-11-15-6-8-18-20(15)9-7-16(19)12-21/h2-6,8,16,21H,7,9-12H2,1H3/t16-/m1/s1. The Kier molecular flexibility index (Phi) is 4.24. The quantitative estimate of drug-likeness (QED) is 0.935. The molecule has 0 saturated carbocycles. The molecule has 0 spiro atoms. The summed E-state index contributed by atoms with van der Waals surface area (Å²) in [6.07, 6.45) is 2.86. The maximum absolute atomic E-state index is 12.8. The Bertz CT molecular complexity index is 665. The lowest BCUT2D eigenvalue weighted by atomic mass is 10.0. The van der Waals surface area contributed by atoms with E-state index in [1.54, 1.807) is 11.1 Å². The lowest BCUT2D eigenvalue weighted by molar-refractivity contribution is -0.134. The molecule has 5 nitrogen and oxygen atoms in total. The van der Waals surface area contributed by atoms with Crippen molar-refractivity contribution >= 4 is 5.91 Å². The maximum atomic E-state index is 12.8. The minimum Gasteiger partial charge on any atom is -0.394 e. The number of carbonyl (C=O) groups is 1. The van der Waals surface area contributed by atoms with E-state index in [1.165, 1.54) is 0 Å². The Morgan fingerprint density at radius 3 is 2.95 bits per heavy atom. The molecule has 22 heavy (non-hydrogen) atoms. The molecule has 1 aromatic carbocycles. The second-order valence-electron chi connectivity index (χ2n) is 5.80. The van der Waals surface area contributed by atoms with Gasteiger partial charge in [-0.15, -0.1) is 0 Å². The van der Waals surface area contributed by atoms with Crippen LogP contribution in [-0.2, 0) is 24.3 Å². The van der Waals surface area contributed by atoms with Gasteiger partial charge in [-0.1, -0.05) is 24.3 Å². The van der Waals surface area contributed by atoms with E-state index in [0.29, 0.717) is 13.0 Å². The van der Waals surface area contributed by atoms with Gasteiger partial charge < -0.3 is 10.0 Å². The molecule has 0 saturated heterocycles. The minimum absolute atomic E-state index is 0.00958. The van der Waals surface area contributed by atoms with Crippen molar-refractivity contribution in [2.24, 2.45) is 0 Å². The number of hydrogen-bond acceptors (Lipinski definition) is 3. The summed E-state index contributed by atoms with van der Waals surface area (Å²) >= 11 is 0. The first-order valence-electron chi connectivity index (χ1n) is 7.64. The van der Waals surface area contributed by atoms with E-state index in [4.69, 9.17) is 0 Å². The van der Waals surface area contributed by atoms with Gasteiger partial charge >= 0.3 is 0 Å². The molecule has 0 bridgehead atoms. The van der Waals surface area contributed by atoms with Gasteiger partial charge in [0.1, 0.15) is 0 Å². The van der Waals surface area contributed by atoms with Crippen molar-refractivity contribution in [3.05, 3.63) is 53.3 Å². The molecule has 0 unspecified atom stereocenters. The molecule has 1 aromatic heterocycles. The number of hydrogen-bond donors (Lipinski definition) is 1. The summed E-state index contributed by atoms with van der Waals surface area (Å²) < 4.78 is 1.92. The maximum Gasteiger partial charge on any atom is 0.227 e. The van der Waals surface area contributed by atoms with Gasteiger partial charge in [0, 0.05) is 12.7 Å². The number of aromatic nitrogens is 2. The fraction of sp³-hybridized carbons (Fsp3) is 0.412. The fourth-order valence-electron chi connectivity index (χ4n) is 2.98. The van der Waals surface area contributed by atoms with Crippen molar-refractivity contribution in [2.45, 2.75) is 38.9 Å². The normalized spacial score (nSPS) is 17.9. The van der Waals surface area contributed by atoms with Crippen molar-refractivity contribution in [3.63, 3.8) is 0 Å². The predicted octanol–water partition coefficient (Wildman–Crippen LogP) is 1.53. The molecule has 2 aromatic rings. The van der Waals surface area contributed by atoms with Gasteiger partial charge in [0.15, 0.2) is 0 Å². The average molecular weight is 299 g/mol. The van der Waals surface area contributed by atoms with Crippen LogP contribution in [-0.4, -0.2) is 38.3 Å². The van der Waals surface area contributed by atoms with E-state index in [-0.39, 0.29) is 18.6 Å². The molecular formula is C17H21N3O2. The van der Waals surface area contributed by atoms with E-state index < -0.39 is 0 Å². The lowest BCUT2D eigenvalue weighted by Crippen LogP contribution is -2.42. The SMILES string of the molecule is Cc1ccccc1CC(=O)N1Cc2ccnn2CC[C@@H]1CO. The van der Waals surface area contributed by atoms with Crippen LogP contribution in [0.25, 0.3) is 0 Å². The Morgan fingerprint density at radius 2 is 2.18 bits per heavy atom. The Labute approximate surface area is 130 Å². The van der Waals surface area contributed by atoms with Crippen molar-refractivity contribution in [1.29, 1.82) is 0 Å². The van der Waals surface area contributed by atoms with Crippen LogP contribution in [0.4, 0.5) is 0 Å². The van der Waals surface area contributed by atoms with Gasteiger partial charge in [-0.05, 0) is 30.5 Å².